The fourth-order valence-electron chi connectivity index (χ4n) is 3.77. The van der Waals surface area contributed by atoms with Gasteiger partial charge in [-0.05, 0) is 29.2 Å². The highest BCUT2D eigenvalue weighted by molar-refractivity contribution is 7.99. The average molecular weight is 473 g/mol. The van der Waals surface area contributed by atoms with E-state index in [2.05, 4.69) is 34.9 Å². The molecule has 3 N–H and O–H groups in total. The van der Waals surface area contributed by atoms with E-state index in [1.807, 2.05) is 24.3 Å². The summed E-state index contributed by atoms with van der Waals surface area (Å²) >= 11 is 1.29. The van der Waals surface area contributed by atoms with Crippen molar-refractivity contribution in [1.82, 2.24) is 10.6 Å². The first-order valence-corrected chi connectivity index (χ1v) is 11.8. The van der Waals surface area contributed by atoms with E-state index in [0.29, 0.717) is 12.3 Å². The number of ether oxygens (including phenoxy) is 2. The summed E-state index contributed by atoms with van der Waals surface area (Å²) in [7, 11) is 1.39. The molecule has 0 saturated carbocycles. The number of rotatable bonds is 11. The van der Waals surface area contributed by atoms with Crippen molar-refractivity contribution in [3.05, 3.63) is 59.7 Å². The summed E-state index contributed by atoms with van der Waals surface area (Å²) in [6, 6.07) is 15.2. The molecule has 8 nitrogen and oxygen atoms in total. The third kappa shape index (κ3) is 6.27. The highest BCUT2D eigenvalue weighted by atomic mass is 32.2. The van der Waals surface area contributed by atoms with Gasteiger partial charge in [0.15, 0.2) is 6.04 Å². The number of thioether (sulfide) groups is 1. The number of methoxy groups -OCH3 is 1. The number of carbonyl (C=O) groups is 3. The van der Waals surface area contributed by atoms with E-state index >= 15 is 0 Å². The molecule has 1 aliphatic carbocycles. The highest BCUT2D eigenvalue weighted by Gasteiger charge is 2.29. The topological polar surface area (TPSA) is 114 Å². The smallest absolute Gasteiger partial charge is 0.407 e. The number of nitrogens with one attached hydrogen (secondary N) is 2. The van der Waals surface area contributed by atoms with E-state index in [9.17, 15) is 14.4 Å². The summed E-state index contributed by atoms with van der Waals surface area (Å²) in [5.74, 6) is -1.00. The highest BCUT2D eigenvalue weighted by Crippen LogP contribution is 2.44. The Balaban J connectivity index is 1.38. The van der Waals surface area contributed by atoms with Crippen LogP contribution in [0.4, 0.5) is 4.79 Å². The van der Waals surface area contributed by atoms with Crippen molar-refractivity contribution < 1.29 is 29.0 Å². The molecule has 0 heterocycles. The molecular formula is C24H28N2O6S. The predicted octanol–water partition coefficient (Wildman–Crippen LogP) is 2.86. The Morgan fingerprint density at radius 2 is 1.67 bits per heavy atom. The van der Waals surface area contributed by atoms with Crippen LogP contribution in [0.3, 0.4) is 0 Å². The average Bonchev–Trinajstić information content (AvgIpc) is 3.14. The fraction of sp³-hybridized carbons (Fsp3) is 0.375. The second kappa shape index (κ2) is 11.7. The van der Waals surface area contributed by atoms with Crippen molar-refractivity contribution in [3.8, 4) is 11.1 Å². The van der Waals surface area contributed by atoms with Gasteiger partial charge >= 0.3 is 12.1 Å². The van der Waals surface area contributed by atoms with Gasteiger partial charge in [0.1, 0.15) is 6.61 Å². The minimum absolute atomic E-state index is 0.00195. The molecule has 2 aromatic rings. The molecule has 0 saturated heterocycles. The second-order valence-corrected chi connectivity index (χ2v) is 8.73. The number of hydrogen-bond donors (Lipinski definition) is 3. The van der Waals surface area contributed by atoms with Gasteiger partial charge in [0.05, 0.1) is 11.9 Å². The van der Waals surface area contributed by atoms with E-state index in [1.165, 1.54) is 30.0 Å². The van der Waals surface area contributed by atoms with Gasteiger partial charge in [0.2, 0.25) is 5.91 Å². The van der Waals surface area contributed by atoms with Gasteiger partial charge in [-0.1, -0.05) is 48.5 Å². The van der Waals surface area contributed by atoms with Crippen LogP contribution in [0.1, 0.15) is 24.0 Å². The fourth-order valence-corrected chi connectivity index (χ4v) is 4.43. The van der Waals surface area contributed by atoms with Gasteiger partial charge in [0, 0.05) is 25.3 Å². The van der Waals surface area contributed by atoms with Crippen molar-refractivity contribution in [2.24, 2.45) is 0 Å². The Morgan fingerprint density at radius 3 is 2.24 bits per heavy atom. The van der Waals surface area contributed by atoms with Gasteiger partial charge in [0.25, 0.3) is 0 Å². The summed E-state index contributed by atoms with van der Waals surface area (Å²) in [4.78, 5) is 35.3. The minimum Gasteiger partial charge on any atom is -0.480 e. The van der Waals surface area contributed by atoms with Crippen LogP contribution < -0.4 is 10.6 Å². The van der Waals surface area contributed by atoms with Crippen molar-refractivity contribution in [2.75, 3.05) is 31.8 Å². The first-order chi connectivity index (χ1) is 15.9. The monoisotopic (exact) mass is 472 g/mol. The summed E-state index contributed by atoms with van der Waals surface area (Å²) < 4.78 is 10.4. The lowest BCUT2D eigenvalue weighted by Gasteiger charge is -2.19. The maximum Gasteiger partial charge on any atom is 0.407 e. The van der Waals surface area contributed by atoms with E-state index < -0.39 is 30.1 Å². The first kappa shape index (κ1) is 24.6. The summed E-state index contributed by atoms with van der Waals surface area (Å²) in [6.45, 7) is 2.14. The van der Waals surface area contributed by atoms with E-state index in [4.69, 9.17) is 14.6 Å². The van der Waals surface area contributed by atoms with E-state index in [1.54, 1.807) is 6.92 Å². The Hall–Kier alpha value is -3.04. The van der Waals surface area contributed by atoms with Crippen molar-refractivity contribution in [2.45, 2.75) is 25.0 Å². The Kier molecular flexibility index (Phi) is 8.73. The molecule has 0 aliphatic heterocycles. The van der Waals surface area contributed by atoms with Gasteiger partial charge < -0.3 is 25.2 Å². The lowest BCUT2D eigenvalue weighted by atomic mass is 9.98. The zero-order chi connectivity index (χ0) is 23.8. The van der Waals surface area contributed by atoms with Crippen molar-refractivity contribution in [1.29, 1.82) is 0 Å². The SMILES string of the molecule is COC(C)C(NC(=O)CSCCNC(=O)OCC1c2ccccc2-c2ccccc21)C(=O)O. The summed E-state index contributed by atoms with van der Waals surface area (Å²) in [5, 5.41) is 14.3. The third-order valence-electron chi connectivity index (χ3n) is 5.52. The van der Waals surface area contributed by atoms with E-state index in [0.717, 1.165) is 11.1 Å². The summed E-state index contributed by atoms with van der Waals surface area (Å²) in [5.41, 5.74) is 4.63. The number of carbonyl (C=O) groups excluding carboxylic acids is 2. The molecule has 2 aromatic carbocycles. The van der Waals surface area contributed by atoms with Gasteiger partial charge in [-0.25, -0.2) is 9.59 Å². The molecule has 0 radical (unpaired) electrons. The van der Waals surface area contributed by atoms with Gasteiger partial charge in [-0.2, -0.15) is 11.8 Å². The number of carboxylic acids is 1. The number of amides is 2. The predicted molar refractivity (Wildman–Crippen MR) is 126 cm³/mol. The molecule has 2 amide bonds. The zero-order valence-electron chi connectivity index (χ0n) is 18.6. The number of aliphatic carboxylic acids is 1. The van der Waals surface area contributed by atoms with Crippen LogP contribution in [-0.2, 0) is 19.1 Å². The lowest BCUT2D eigenvalue weighted by Crippen LogP contribution is -2.49. The van der Waals surface area contributed by atoms with Crippen molar-refractivity contribution in [3.63, 3.8) is 0 Å². The quantitative estimate of drug-likeness (QED) is 0.431. The molecule has 33 heavy (non-hydrogen) atoms. The van der Waals surface area contributed by atoms with Crippen molar-refractivity contribution >= 4 is 29.7 Å². The molecule has 0 spiro atoms. The van der Waals surface area contributed by atoms with Crippen LogP contribution in [0.2, 0.25) is 0 Å². The molecule has 0 fully saturated rings. The first-order valence-electron chi connectivity index (χ1n) is 10.6. The largest absolute Gasteiger partial charge is 0.480 e. The number of alkyl carbamates (subject to hydrolysis) is 1. The van der Waals surface area contributed by atoms with Crippen LogP contribution >= 0.6 is 11.8 Å². The molecule has 1 aliphatic rings. The molecule has 3 rings (SSSR count). The van der Waals surface area contributed by atoms with Crippen LogP contribution in [0.25, 0.3) is 11.1 Å². The summed E-state index contributed by atoms with van der Waals surface area (Å²) in [6.07, 6.45) is -1.16. The van der Waals surface area contributed by atoms with Crippen LogP contribution in [0.5, 0.6) is 0 Å². The normalized spacial score (nSPS) is 14.0. The molecule has 0 aromatic heterocycles. The number of carboxylic acid groups (broad SMARTS) is 1. The standard InChI is InChI=1S/C24H28N2O6S/c1-15(31-2)22(23(28)29)26-21(27)14-33-12-11-25-24(30)32-13-20-18-9-5-3-7-16(18)17-8-4-6-10-19(17)20/h3-10,15,20,22H,11-14H2,1-2H3,(H,25,30)(H,26,27)(H,28,29). The lowest BCUT2D eigenvalue weighted by molar-refractivity contribution is -0.145. The van der Waals surface area contributed by atoms with Gasteiger partial charge in [-0.3, -0.25) is 4.79 Å². The molecule has 9 heteroatoms. The number of benzene rings is 2. The molecule has 176 valence electrons. The molecule has 2 unspecified atom stereocenters. The molecule has 0 bridgehead atoms. The maximum atomic E-state index is 12.1. The maximum absolute atomic E-state index is 12.1. The second-order valence-electron chi connectivity index (χ2n) is 7.63. The Morgan fingerprint density at radius 1 is 1.06 bits per heavy atom. The zero-order valence-corrected chi connectivity index (χ0v) is 19.4. The molecule has 2 atom stereocenters. The third-order valence-corrected chi connectivity index (χ3v) is 6.48. The molecular weight excluding hydrogens is 444 g/mol. The van der Waals surface area contributed by atoms with E-state index in [-0.39, 0.29) is 18.3 Å². The Bertz CT molecular complexity index is 953. The van der Waals surface area contributed by atoms with Crippen LogP contribution in [0.15, 0.2) is 48.5 Å². The van der Waals surface area contributed by atoms with Gasteiger partial charge in [-0.15, -0.1) is 0 Å². The minimum atomic E-state index is -1.15. The van der Waals surface area contributed by atoms with Crippen LogP contribution in [-0.4, -0.2) is 67.0 Å². The number of fused-ring (bicyclic) bond motifs is 3. The number of hydrogen-bond acceptors (Lipinski definition) is 6. The van der Waals surface area contributed by atoms with Crippen LogP contribution in [0, 0.1) is 0 Å². The Labute approximate surface area is 197 Å².